The fourth-order valence-electron chi connectivity index (χ4n) is 1.67. The van der Waals surface area contributed by atoms with E-state index in [-0.39, 0.29) is 11.8 Å². The second-order valence-electron chi connectivity index (χ2n) is 4.12. The van der Waals surface area contributed by atoms with E-state index in [1.54, 1.807) is 30.6 Å². The number of amides is 1. The van der Waals surface area contributed by atoms with Gasteiger partial charge in [0.15, 0.2) is 0 Å². The highest BCUT2D eigenvalue weighted by Gasteiger charge is 2.15. The number of nitrogens with zero attached hydrogens (tertiary/aromatic N) is 1. The van der Waals surface area contributed by atoms with Gasteiger partial charge >= 0.3 is 0 Å². The summed E-state index contributed by atoms with van der Waals surface area (Å²) in [7, 11) is 0. The maximum absolute atomic E-state index is 12.0. The van der Waals surface area contributed by atoms with Gasteiger partial charge < -0.3 is 11.1 Å². The Bertz CT molecular complexity index is 540. The van der Waals surface area contributed by atoms with Gasteiger partial charge in [0.25, 0.3) is 0 Å². The maximum atomic E-state index is 12.0. The van der Waals surface area contributed by atoms with Crippen LogP contribution in [0, 0.1) is 0 Å². The molecular formula is C14H15N3O. The maximum Gasteiger partial charge on any atom is 0.231 e. The van der Waals surface area contributed by atoms with E-state index in [2.05, 4.69) is 10.3 Å². The van der Waals surface area contributed by atoms with Crippen molar-refractivity contribution < 1.29 is 4.79 Å². The SMILES string of the molecule is CC(C(=O)Nc1cccnc1)c1cccc(N)c1. The van der Waals surface area contributed by atoms with E-state index in [1.807, 2.05) is 25.1 Å². The molecular weight excluding hydrogens is 226 g/mol. The molecule has 18 heavy (non-hydrogen) atoms. The molecule has 0 bridgehead atoms. The summed E-state index contributed by atoms with van der Waals surface area (Å²) in [6.45, 7) is 1.85. The first-order valence-electron chi connectivity index (χ1n) is 5.73. The summed E-state index contributed by atoms with van der Waals surface area (Å²) in [6.07, 6.45) is 3.28. The van der Waals surface area contributed by atoms with Crippen molar-refractivity contribution in [3.63, 3.8) is 0 Å². The number of nitrogen functional groups attached to an aromatic ring is 1. The second kappa shape index (κ2) is 5.31. The monoisotopic (exact) mass is 241 g/mol. The van der Waals surface area contributed by atoms with E-state index in [1.165, 1.54) is 0 Å². The Morgan fingerprint density at radius 2 is 2.17 bits per heavy atom. The van der Waals surface area contributed by atoms with Crippen LogP contribution in [0.25, 0.3) is 0 Å². The molecule has 4 nitrogen and oxygen atoms in total. The minimum Gasteiger partial charge on any atom is -0.399 e. The van der Waals surface area contributed by atoms with E-state index in [9.17, 15) is 4.79 Å². The number of nitrogens with one attached hydrogen (secondary N) is 1. The van der Waals surface area contributed by atoms with Crippen LogP contribution in [0.2, 0.25) is 0 Å². The minimum absolute atomic E-state index is 0.0754. The van der Waals surface area contributed by atoms with Gasteiger partial charge in [0.05, 0.1) is 17.8 Å². The number of carbonyl (C=O) groups excluding carboxylic acids is 1. The number of nitrogens with two attached hydrogens (primary N) is 1. The Balaban J connectivity index is 2.10. The molecule has 1 aromatic carbocycles. The second-order valence-corrected chi connectivity index (χ2v) is 4.12. The fourth-order valence-corrected chi connectivity index (χ4v) is 1.67. The highest BCUT2D eigenvalue weighted by Crippen LogP contribution is 2.19. The first-order chi connectivity index (χ1) is 8.66. The molecule has 0 saturated heterocycles. The van der Waals surface area contributed by atoms with E-state index < -0.39 is 0 Å². The molecule has 1 amide bonds. The molecule has 0 fully saturated rings. The van der Waals surface area contributed by atoms with Gasteiger partial charge in [-0.1, -0.05) is 12.1 Å². The standard InChI is InChI=1S/C14H15N3O/c1-10(11-4-2-5-12(15)8-11)14(18)17-13-6-3-7-16-9-13/h2-10H,15H2,1H3,(H,17,18). The lowest BCUT2D eigenvalue weighted by atomic mass is 10.00. The molecule has 0 aliphatic heterocycles. The Labute approximate surface area is 106 Å². The van der Waals surface area contributed by atoms with Gasteiger partial charge in [0.1, 0.15) is 0 Å². The number of aromatic nitrogens is 1. The van der Waals surface area contributed by atoms with E-state index in [0.717, 1.165) is 5.56 Å². The zero-order chi connectivity index (χ0) is 13.0. The third kappa shape index (κ3) is 2.85. The molecule has 2 rings (SSSR count). The van der Waals surface area contributed by atoms with Gasteiger partial charge in [0, 0.05) is 11.9 Å². The van der Waals surface area contributed by atoms with Crippen LogP contribution in [0.3, 0.4) is 0 Å². The fraction of sp³-hybridized carbons (Fsp3) is 0.143. The van der Waals surface area contributed by atoms with Crippen LogP contribution in [0.5, 0.6) is 0 Å². The third-order valence-corrected chi connectivity index (χ3v) is 2.73. The molecule has 0 spiro atoms. The lowest BCUT2D eigenvalue weighted by molar-refractivity contribution is -0.117. The lowest BCUT2D eigenvalue weighted by Gasteiger charge is -2.12. The molecule has 0 aliphatic rings. The van der Waals surface area contributed by atoms with Crippen LogP contribution in [0.4, 0.5) is 11.4 Å². The predicted octanol–water partition coefficient (Wildman–Crippen LogP) is 2.41. The number of hydrogen-bond donors (Lipinski definition) is 2. The van der Waals surface area contributed by atoms with Gasteiger partial charge in [-0.15, -0.1) is 0 Å². The number of benzene rings is 1. The number of hydrogen-bond acceptors (Lipinski definition) is 3. The van der Waals surface area contributed by atoms with Gasteiger partial charge in [-0.2, -0.15) is 0 Å². The van der Waals surface area contributed by atoms with E-state index in [0.29, 0.717) is 11.4 Å². The molecule has 0 saturated carbocycles. The number of rotatable bonds is 3. The molecule has 1 aromatic heterocycles. The Morgan fingerprint density at radius 1 is 1.33 bits per heavy atom. The highest BCUT2D eigenvalue weighted by molar-refractivity contribution is 5.95. The molecule has 0 aliphatic carbocycles. The molecule has 1 heterocycles. The van der Waals surface area contributed by atoms with Crippen LogP contribution in [0.1, 0.15) is 18.4 Å². The number of anilines is 2. The van der Waals surface area contributed by atoms with E-state index >= 15 is 0 Å². The smallest absolute Gasteiger partial charge is 0.231 e. The van der Waals surface area contributed by atoms with Crippen LogP contribution in [0.15, 0.2) is 48.8 Å². The number of pyridine rings is 1. The Hall–Kier alpha value is -2.36. The zero-order valence-corrected chi connectivity index (χ0v) is 10.1. The Kier molecular flexibility index (Phi) is 3.57. The largest absolute Gasteiger partial charge is 0.399 e. The van der Waals surface area contributed by atoms with Gasteiger partial charge in [-0.3, -0.25) is 9.78 Å². The van der Waals surface area contributed by atoms with Crippen molar-refractivity contribution in [1.82, 2.24) is 4.98 Å². The van der Waals surface area contributed by atoms with Crippen molar-refractivity contribution in [1.29, 1.82) is 0 Å². The zero-order valence-electron chi connectivity index (χ0n) is 10.1. The topological polar surface area (TPSA) is 68.0 Å². The molecule has 1 atom stereocenters. The third-order valence-electron chi connectivity index (χ3n) is 2.73. The van der Waals surface area contributed by atoms with Gasteiger partial charge in [-0.05, 0) is 36.8 Å². The first-order valence-corrected chi connectivity index (χ1v) is 5.73. The summed E-state index contributed by atoms with van der Waals surface area (Å²) in [5.41, 5.74) is 7.96. The normalized spacial score (nSPS) is 11.8. The van der Waals surface area contributed by atoms with Crippen molar-refractivity contribution in [2.75, 3.05) is 11.1 Å². The summed E-state index contributed by atoms with van der Waals surface area (Å²) in [5, 5.41) is 2.82. The Morgan fingerprint density at radius 3 is 2.83 bits per heavy atom. The molecule has 92 valence electrons. The average molecular weight is 241 g/mol. The van der Waals surface area contributed by atoms with E-state index in [4.69, 9.17) is 5.73 Å². The summed E-state index contributed by atoms with van der Waals surface area (Å²) in [4.78, 5) is 16.0. The molecule has 0 radical (unpaired) electrons. The van der Waals surface area contributed by atoms with Gasteiger partial charge in [0.2, 0.25) is 5.91 Å². The van der Waals surface area contributed by atoms with Gasteiger partial charge in [-0.25, -0.2) is 0 Å². The van der Waals surface area contributed by atoms with Crippen molar-refractivity contribution in [2.45, 2.75) is 12.8 Å². The van der Waals surface area contributed by atoms with Crippen LogP contribution in [-0.2, 0) is 4.79 Å². The summed E-state index contributed by atoms with van der Waals surface area (Å²) in [6, 6.07) is 10.9. The molecule has 2 aromatic rings. The lowest BCUT2D eigenvalue weighted by Crippen LogP contribution is -2.19. The quantitative estimate of drug-likeness (QED) is 0.811. The predicted molar refractivity (Wildman–Crippen MR) is 72.1 cm³/mol. The van der Waals surface area contributed by atoms with Crippen molar-refractivity contribution in [3.05, 3.63) is 54.4 Å². The van der Waals surface area contributed by atoms with Crippen molar-refractivity contribution in [3.8, 4) is 0 Å². The highest BCUT2D eigenvalue weighted by atomic mass is 16.1. The van der Waals surface area contributed by atoms with Crippen LogP contribution >= 0.6 is 0 Å². The average Bonchev–Trinajstić information content (AvgIpc) is 2.39. The summed E-state index contributed by atoms with van der Waals surface area (Å²) < 4.78 is 0. The van der Waals surface area contributed by atoms with Crippen molar-refractivity contribution >= 4 is 17.3 Å². The molecule has 4 heteroatoms. The minimum atomic E-state index is -0.256. The first kappa shape index (κ1) is 12.1. The van der Waals surface area contributed by atoms with Crippen LogP contribution < -0.4 is 11.1 Å². The molecule has 3 N–H and O–H groups in total. The summed E-state index contributed by atoms with van der Waals surface area (Å²) >= 11 is 0. The molecule has 1 unspecified atom stereocenters. The summed E-state index contributed by atoms with van der Waals surface area (Å²) in [5.74, 6) is -0.331. The number of carbonyl (C=O) groups is 1. The van der Waals surface area contributed by atoms with Crippen molar-refractivity contribution in [2.24, 2.45) is 0 Å². The van der Waals surface area contributed by atoms with Crippen LogP contribution in [-0.4, -0.2) is 10.9 Å².